The molecule has 0 amide bonds. The van der Waals surface area contributed by atoms with Crippen LogP contribution >= 0.6 is 11.6 Å². The largest absolute Gasteiger partial charge is 0.495 e. The van der Waals surface area contributed by atoms with Crippen molar-refractivity contribution in [1.29, 1.82) is 0 Å². The number of benzene rings is 1. The van der Waals surface area contributed by atoms with Crippen LogP contribution < -0.4 is 10.1 Å². The molecule has 1 aliphatic rings. The lowest BCUT2D eigenvalue weighted by molar-refractivity contribution is 0.415. The fourth-order valence-corrected chi connectivity index (χ4v) is 2.62. The third kappa shape index (κ3) is 3.39. The SMILES string of the molecule is COc1ccc(C2CC2CNCC(C)C)cc1Cl. The Labute approximate surface area is 115 Å². The van der Waals surface area contributed by atoms with Gasteiger partial charge in [-0.1, -0.05) is 31.5 Å². The topological polar surface area (TPSA) is 21.3 Å². The average Bonchev–Trinajstić information content (AvgIpc) is 3.08. The van der Waals surface area contributed by atoms with Crippen LogP contribution in [-0.4, -0.2) is 20.2 Å². The van der Waals surface area contributed by atoms with Crippen molar-refractivity contribution in [3.63, 3.8) is 0 Å². The van der Waals surface area contributed by atoms with Crippen LogP contribution in [0.2, 0.25) is 5.02 Å². The second-order valence-electron chi connectivity index (χ2n) is 5.55. The van der Waals surface area contributed by atoms with Gasteiger partial charge >= 0.3 is 0 Å². The second-order valence-corrected chi connectivity index (χ2v) is 5.96. The molecule has 1 aromatic rings. The van der Waals surface area contributed by atoms with E-state index in [4.69, 9.17) is 16.3 Å². The average molecular weight is 268 g/mol. The van der Waals surface area contributed by atoms with Crippen molar-refractivity contribution in [2.24, 2.45) is 11.8 Å². The summed E-state index contributed by atoms with van der Waals surface area (Å²) in [6, 6.07) is 6.15. The number of ether oxygens (including phenoxy) is 1. The first kappa shape index (κ1) is 13.7. The standard InChI is InChI=1S/C15H22ClNO/c1-10(2)8-17-9-12-6-13(12)11-4-5-15(18-3)14(16)7-11/h4-5,7,10,12-13,17H,6,8-9H2,1-3H3. The zero-order chi connectivity index (χ0) is 13.1. The van der Waals surface area contributed by atoms with Crippen molar-refractivity contribution < 1.29 is 4.74 Å². The molecule has 0 spiro atoms. The van der Waals surface area contributed by atoms with Gasteiger partial charge in [0.2, 0.25) is 0 Å². The number of hydrogen-bond donors (Lipinski definition) is 1. The molecule has 2 rings (SSSR count). The molecule has 18 heavy (non-hydrogen) atoms. The molecule has 0 aliphatic heterocycles. The van der Waals surface area contributed by atoms with Crippen LogP contribution in [0.5, 0.6) is 5.75 Å². The van der Waals surface area contributed by atoms with Gasteiger partial charge in [-0.25, -0.2) is 0 Å². The maximum Gasteiger partial charge on any atom is 0.137 e. The van der Waals surface area contributed by atoms with Crippen molar-refractivity contribution in [3.05, 3.63) is 28.8 Å². The van der Waals surface area contributed by atoms with E-state index in [1.54, 1.807) is 7.11 Å². The van der Waals surface area contributed by atoms with E-state index in [-0.39, 0.29) is 0 Å². The Bertz CT molecular complexity index is 405. The van der Waals surface area contributed by atoms with E-state index in [1.807, 2.05) is 12.1 Å². The van der Waals surface area contributed by atoms with E-state index < -0.39 is 0 Å². The maximum absolute atomic E-state index is 6.15. The lowest BCUT2D eigenvalue weighted by Gasteiger charge is -2.08. The first-order valence-electron chi connectivity index (χ1n) is 6.66. The van der Waals surface area contributed by atoms with Crippen molar-refractivity contribution in [1.82, 2.24) is 5.32 Å². The summed E-state index contributed by atoms with van der Waals surface area (Å²) in [6.45, 7) is 6.69. The molecule has 1 N–H and O–H groups in total. The molecule has 0 saturated heterocycles. The zero-order valence-electron chi connectivity index (χ0n) is 11.4. The molecular formula is C15H22ClNO. The van der Waals surface area contributed by atoms with Crippen LogP contribution in [0.15, 0.2) is 18.2 Å². The van der Waals surface area contributed by atoms with Gasteiger partial charge in [-0.3, -0.25) is 0 Å². The monoisotopic (exact) mass is 267 g/mol. The summed E-state index contributed by atoms with van der Waals surface area (Å²) in [5.41, 5.74) is 1.34. The highest BCUT2D eigenvalue weighted by Crippen LogP contribution is 2.48. The van der Waals surface area contributed by atoms with Gasteiger partial charge in [0.05, 0.1) is 12.1 Å². The van der Waals surface area contributed by atoms with Gasteiger partial charge in [-0.15, -0.1) is 0 Å². The van der Waals surface area contributed by atoms with Gasteiger partial charge in [-0.2, -0.15) is 0 Å². The van der Waals surface area contributed by atoms with E-state index >= 15 is 0 Å². The minimum Gasteiger partial charge on any atom is -0.495 e. The van der Waals surface area contributed by atoms with E-state index in [0.717, 1.165) is 35.7 Å². The summed E-state index contributed by atoms with van der Waals surface area (Å²) in [5.74, 6) is 2.93. The molecule has 0 aromatic heterocycles. The Kier molecular flexibility index (Phi) is 4.52. The lowest BCUT2D eigenvalue weighted by Crippen LogP contribution is -2.22. The number of hydrogen-bond acceptors (Lipinski definition) is 2. The predicted molar refractivity (Wildman–Crippen MR) is 76.6 cm³/mol. The fourth-order valence-electron chi connectivity index (χ4n) is 2.35. The predicted octanol–water partition coefficient (Wildman–Crippen LogP) is 3.70. The Hall–Kier alpha value is -0.730. The van der Waals surface area contributed by atoms with E-state index in [1.165, 1.54) is 12.0 Å². The van der Waals surface area contributed by atoms with Gasteiger partial charge in [-0.05, 0) is 55.0 Å². The Morgan fingerprint density at radius 3 is 2.83 bits per heavy atom. The van der Waals surface area contributed by atoms with Crippen LogP contribution in [-0.2, 0) is 0 Å². The second kappa shape index (κ2) is 5.94. The molecule has 2 unspecified atom stereocenters. The molecule has 1 fully saturated rings. The molecule has 0 heterocycles. The highest BCUT2D eigenvalue weighted by molar-refractivity contribution is 6.32. The minimum atomic E-state index is 0.674. The smallest absolute Gasteiger partial charge is 0.137 e. The van der Waals surface area contributed by atoms with Crippen LogP contribution in [0, 0.1) is 11.8 Å². The number of rotatable bonds is 6. The fraction of sp³-hybridized carbons (Fsp3) is 0.600. The van der Waals surface area contributed by atoms with Crippen molar-refractivity contribution in [2.75, 3.05) is 20.2 Å². The molecule has 0 bridgehead atoms. The number of nitrogens with one attached hydrogen (secondary N) is 1. The minimum absolute atomic E-state index is 0.674. The summed E-state index contributed by atoms with van der Waals surface area (Å²) in [7, 11) is 1.65. The molecule has 1 saturated carbocycles. The van der Waals surface area contributed by atoms with Gasteiger partial charge in [0.1, 0.15) is 5.75 Å². The lowest BCUT2D eigenvalue weighted by atomic mass is 10.1. The summed E-state index contributed by atoms with van der Waals surface area (Å²) >= 11 is 6.15. The third-order valence-electron chi connectivity index (χ3n) is 3.49. The van der Waals surface area contributed by atoms with Gasteiger partial charge in [0.25, 0.3) is 0 Å². The molecule has 2 atom stereocenters. The highest BCUT2D eigenvalue weighted by atomic mass is 35.5. The summed E-state index contributed by atoms with van der Waals surface area (Å²) in [6.07, 6.45) is 1.27. The van der Waals surface area contributed by atoms with Crippen LogP contribution in [0.3, 0.4) is 0 Å². The first-order valence-corrected chi connectivity index (χ1v) is 7.03. The molecule has 3 heteroatoms. The van der Waals surface area contributed by atoms with Crippen molar-refractivity contribution in [3.8, 4) is 5.75 Å². The summed E-state index contributed by atoms with van der Waals surface area (Å²) in [5, 5.41) is 4.24. The summed E-state index contributed by atoms with van der Waals surface area (Å²) in [4.78, 5) is 0. The van der Waals surface area contributed by atoms with Crippen LogP contribution in [0.4, 0.5) is 0 Å². The number of methoxy groups -OCH3 is 1. The van der Waals surface area contributed by atoms with E-state index in [0.29, 0.717) is 5.92 Å². The summed E-state index contributed by atoms with van der Waals surface area (Å²) < 4.78 is 5.17. The van der Waals surface area contributed by atoms with E-state index in [2.05, 4.69) is 25.2 Å². The Morgan fingerprint density at radius 2 is 2.22 bits per heavy atom. The Morgan fingerprint density at radius 1 is 1.44 bits per heavy atom. The van der Waals surface area contributed by atoms with Crippen LogP contribution in [0.1, 0.15) is 31.7 Å². The highest BCUT2D eigenvalue weighted by Gasteiger charge is 2.37. The number of halogens is 1. The van der Waals surface area contributed by atoms with Crippen molar-refractivity contribution in [2.45, 2.75) is 26.2 Å². The molecule has 100 valence electrons. The Balaban J connectivity index is 1.85. The van der Waals surface area contributed by atoms with E-state index in [9.17, 15) is 0 Å². The van der Waals surface area contributed by atoms with Crippen LogP contribution in [0.25, 0.3) is 0 Å². The molecule has 0 radical (unpaired) electrons. The quantitative estimate of drug-likeness (QED) is 0.849. The van der Waals surface area contributed by atoms with Crippen molar-refractivity contribution >= 4 is 11.6 Å². The molecular weight excluding hydrogens is 246 g/mol. The third-order valence-corrected chi connectivity index (χ3v) is 3.78. The molecule has 2 nitrogen and oxygen atoms in total. The molecule has 1 aliphatic carbocycles. The van der Waals surface area contributed by atoms with Gasteiger partial charge in [0, 0.05) is 0 Å². The molecule has 1 aromatic carbocycles. The first-order chi connectivity index (χ1) is 8.61. The normalized spacial score (nSPS) is 22.3. The maximum atomic E-state index is 6.15. The van der Waals surface area contributed by atoms with Gasteiger partial charge < -0.3 is 10.1 Å². The van der Waals surface area contributed by atoms with Gasteiger partial charge in [0.15, 0.2) is 0 Å². The zero-order valence-corrected chi connectivity index (χ0v) is 12.1.